The van der Waals surface area contributed by atoms with Gasteiger partial charge in [0.15, 0.2) is 5.82 Å². The average Bonchev–Trinajstić information content (AvgIpc) is 3.16. The van der Waals surface area contributed by atoms with Crippen molar-refractivity contribution in [3.63, 3.8) is 0 Å². The van der Waals surface area contributed by atoms with Crippen molar-refractivity contribution in [1.82, 2.24) is 25.4 Å². The van der Waals surface area contributed by atoms with Gasteiger partial charge >= 0.3 is 0 Å². The summed E-state index contributed by atoms with van der Waals surface area (Å²) in [4.78, 5) is 9.40. The zero-order valence-corrected chi connectivity index (χ0v) is 15.8. The number of nitrogens with zero attached hydrogens (tertiary/aromatic N) is 4. The predicted molar refractivity (Wildman–Crippen MR) is 112 cm³/mol. The first-order chi connectivity index (χ1) is 13.7. The summed E-state index contributed by atoms with van der Waals surface area (Å²) in [6, 6.07) is 18.8. The smallest absolute Gasteiger partial charge is 0.163 e. The topological polar surface area (TPSA) is 79.4 Å². The second-order valence-corrected chi connectivity index (χ2v) is 7.03. The summed E-state index contributed by atoms with van der Waals surface area (Å²) in [5.41, 5.74) is 3.94. The lowest BCUT2D eigenvalue weighted by molar-refractivity contribution is 0.959. The number of benzene rings is 3. The molecule has 5 rings (SSSR count). The molecule has 0 amide bonds. The normalized spacial score (nSPS) is 11.2. The van der Waals surface area contributed by atoms with E-state index in [9.17, 15) is 0 Å². The van der Waals surface area contributed by atoms with Crippen LogP contribution in [0, 0.1) is 0 Å². The van der Waals surface area contributed by atoms with E-state index in [1.54, 1.807) is 12.1 Å². The maximum absolute atomic E-state index is 6.38. The first-order valence-corrected chi connectivity index (χ1v) is 9.23. The molecule has 0 saturated heterocycles. The summed E-state index contributed by atoms with van der Waals surface area (Å²) in [5, 5.41) is 16.2. The lowest BCUT2D eigenvalue weighted by Gasteiger charge is -2.12. The van der Waals surface area contributed by atoms with Gasteiger partial charge in [-0.2, -0.15) is 15.4 Å². The molecular weight excluding hydrogens is 395 g/mol. The summed E-state index contributed by atoms with van der Waals surface area (Å²) < 4.78 is 0. The molecule has 0 bridgehead atoms. The van der Waals surface area contributed by atoms with Gasteiger partial charge in [-0.1, -0.05) is 35.3 Å². The van der Waals surface area contributed by atoms with Crippen molar-refractivity contribution in [3.05, 3.63) is 70.7 Å². The van der Waals surface area contributed by atoms with Gasteiger partial charge in [0.05, 0.1) is 10.5 Å². The van der Waals surface area contributed by atoms with Gasteiger partial charge in [-0.25, -0.2) is 9.97 Å². The minimum absolute atomic E-state index is 0.498. The number of halogens is 2. The van der Waals surface area contributed by atoms with Crippen LogP contribution < -0.4 is 5.32 Å². The molecule has 0 unspecified atom stereocenters. The molecule has 6 nitrogen and oxygen atoms in total. The Morgan fingerprint density at radius 2 is 1.64 bits per heavy atom. The van der Waals surface area contributed by atoms with Crippen LogP contribution in [0.25, 0.3) is 33.3 Å². The van der Waals surface area contributed by atoms with Crippen LogP contribution in [0.1, 0.15) is 0 Å². The zero-order chi connectivity index (χ0) is 19.1. The molecule has 0 atom stereocenters. The Morgan fingerprint density at radius 1 is 0.786 bits per heavy atom. The van der Waals surface area contributed by atoms with Crippen molar-refractivity contribution in [3.8, 4) is 11.4 Å². The Morgan fingerprint density at radius 3 is 2.54 bits per heavy atom. The fraction of sp³-hybridized carbons (Fsp3) is 0. The lowest BCUT2D eigenvalue weighted by Crippen LogP contribution is -1.99. The first-order valence-electron chi connectivity index (χ1n) is 8.47. The highest BCUT2D eigenvalue weighted by Crippen LogP contribution is 2.32. The molecule has 0 aliphatic heterocycles. The molecular formula is C20H12Cl2N6. The number of aromatic amines is 1. The highest BCUT2D eigenvalue weighted by Gasteiger charge is 2.13. The van der Waals surface area contributed by atoms with Crippen molar-refractivity contribution in [1.29, 1.82) is 0 Å². The van der Waals surface area contributed by atoms with Gasteiger partial charge in [0, 0.05) is 21.7 Å². The third-order valence-corrected chi connectivity index (χ3v) is 4.90. The number of H-pyrrole nitrogens is 1. The van der Waals surface area contributed by atoms with E-state index in [0.717, 1.165) is 27.6 Å². The third kappa shape index (κ3) is 3.02. The second-order valence-electron chi connectivity index (χ2n) is 6.19. The van der Waals surface area contributed by atoms with Crippen LogP contribution in [-0.4, -0.2) is 25.4 Å². The average molecular weight is 407 g/mol. The number of fused-ring (bicyclic) bond motifs is 2. The van der Waals surface area contributed by atoms with Crippen LogP contribution in [0.4, 0.5) is 11.5 Å². The largest absolute Gasteiger partial charge is 0.340 e. The van der Waals surface area contributed by atoms with E-state index in [4.69, 9.17) is 28.2 Å². The summed E-state index contributed by atoms with van der Waals surface area (Å²) in [6.45, 7) is 0. The molecule has 2 aromatic heterocycles. The maximum atomic E-state index is 6.38. The monoisotopic (exact) mass is 406 g/mol. The molecule has 0 aliphatic carbocycles. The Labute approximate surface area is 169 Å². The highest BCUT2D eigenvalue weighted by atomic mass is 35.5. The molecule has 2 N–H and O–H groups in total. The molecule has 5 aromatic rings. The Balaban J connectivity index is 1.66. The van der Waals surface area contributed by atoms with Gasteiger partial charge in [-0.3, -0.25) is 0 Å². The van der Waals surface area contributed by atoms with Crippen LogP contribution in [0.3, 0.4) is 0 Å². The predicted octanol–water partition coefficient (Wildman–Crippen LogP) is 5.62. The SMILES string of the molecule is Clc1ccc(-c2nc(Nc3ccc4n[nH]nc4c3)c3ccccc3n2)c(Cl)c1. The maximum Gasteiger partial charge on any atom is 0.163 e. The lowest BCUT2D eigenvalue weighted by atomic mass is 10.1. The van der Waals surface area contributed by atoms with E-state index in [-0.39, 0.29) is 0 Å². The van der Waals surface area contributed by atoms with E-state index in [1.807, 2.05) is 48.5 Å². The van der Waals surface area contributed by atoms with Gasteiger partial charge in [0.1, 0.15) is 16.9 Å². The number of anilines is 2. The summed E-state index contributed by atoms with van der Waals surface area (Å²) in [6.07, 6.45) is 0. The van der Waals surface area contributed by atoms with Crippen LogP contribution in [-0.2, 0) is 0 Å². The van der Waals surface area contributed by atoms with Gasteiger partial charge in [0.25, 0.3) is 0 Å². The molecule has 136 valence electrons. The molecule has 3 aromatic carbocycles. The fourth-order valence-corrected chi connectivity index (χ4v) is 3.51. The molecule has 0 fully saturated rings. The fourth-order valence-electron chi connectivity index (χ4n) is 3.02. The molecule has 0 radical (unpaired) electrons. The van der Waals surface area contributed by atoms with E-state index >= 15 is 0 Å². The van der Waals surface area contributed by atoms with Crippen LogP contribution in [0.5, 0.6) is 0 Å². The molecule has 8 heteroatoms. The Kier molecular flexibility index (Phi) is 4.07. The third-order valence-electron chi connectivity index (χ3n) is 4.35. The summed E-state index contributed by atoms with van der Waals surface area (Å²) in [7, 11) is 0. The number of para-hydroxylation sites is 1. The molecule has 2 heterocycles. The zero-order valence-electron chi connectivity index (χ0n) is 14.3. The standard InChI is InChI=1S/C20H12Cl2N6/c21-11-5-7-13(15(22)9-11)19-24-16-4-2-1-3-14(16)20(25-19)23-12-6-8-17-18(10-12)27-28-26-17/h1-10H,(H,23,24,25)(H,26,27,28). The minimum Gasteiger partial charge on any atom is -0.340 e. The highest BCUT2D eigenvalue weighted by molar-refractivity contribution is 6.36. The van der Waals surface area contributed by atoms with E-state index in [1.165, 1.54) is 0 Å². The number of hydrogen-bond donors (Lipinski definition) is 2. The minimum atomic E-state index is 0.498. The molecule has 28 heavy (non-hydrogen) atoms. The number of aromatic nitrogens is 5. The molecule has 0 spiro atoms. The second kappa shape index (κ2) is 6.74. The summed E-state index contributed by atoms with van der Waals surface area (Å²) in [5.74, 6) is 1.19. The summed E-state index contributed by atoms with van der Waals surface area (Å²) >= 11 is 12.4. The van der Waals surface area contributed by atoms with Gasteiger partial charge in [-0.05, 0) is 48.5 Å². The van der Waals surface area contributed by atoms with Gasteiger partial charge in [0.2, 0.25) is 0 Å². The van der Waals surface area contributed by atoms with Crippen molar-refractivity contribution in [2.75, 3.05) is 5.32 Å². The Bertz CT molecular complexity index is 1330. The van der Waals surface area contributed by atoms with Crippen molar-refractivity contribution >= 4 is 56.6 Å². The van der Waals surface area contributed by atoms with E-state index in [0.29, 0.717) is 27.3 Å². The van der Waals surface area contributed by atoms with E-state index < -0.39 is 0 Å². The first kappa shape index (κ1) is 16.9. The van der Waals surface area contributed by atoms with Crippen molar-refractivity contribution < 1.29 is 0 Å². The van der Waals surface area contributed by atoms with Gasteiger partial charge < -0.3 is 5.32 Å². The molecule has 0 aliphatic rings. The van der Waals surface area contributed by atoms with Crippen LogP contribution in [0.2, 0.25) is 10.0 Å². The van der Waals surface area contributed by atoms with Crippen LogP contribution >= 0.6 is 23.2 Å². The van der Waals surface area contributed by atoms with Crippen LogP contribution in [0.15, 0.2) is 60.7 Å². The number of nitrogens with one attached hydrogen (secondary N) is 2. The van der Waals surface area contributed by atoms with Crippen molar-refractivity contribution in [2.45, 2.75) is 0 Å². The number of hydrogen-bond acceptors (Lipinski definition) is 5. The van der Waals surface area contributed by atoms with E-state index in [2.05, 4.69) is 25.7 Å². The van der Waals surface area contributed by atoms with Crippen molar-refractivity contribution in [2.24, 2.45) is 0 Å². The van der Waals surface area contributed by atoms with Gasteiger partial charge in [-0.15, -0.1) is 0 Å². The quantitative estimate of drug-likeness (QED) is 0.406. The Hall–Kier alpha value is -3.22. The number of rotatable bonds is 3. The molecule has 0 saturated carbocycles.